The fraction of sp³-hybridized carbons (Fsp3) is 0.700. The Morgan fingerprint density at radius 3 is 3.21 bits per heavy atom. The van der Waals surface area contributed by atoms with Crippen molar-refractivity contribution in [1.29, 1.82) is 0 Å². The molecule has 4 heteroatoms. The summed E-state index contributed by atoms with van der Waals surface area (Å²) in [4.78, 5) is 5.84. The van der Waals surface area contributed by atoms with Gasteiger partial charge in [0.05, 0.1) is 18.3 Å². The Balaban J connectivity index is 2.24. The van der Waals surface area contributed by atoms with Crippen LogP contribution < -0.4 is 5.32 Å². The molecular weight excluding hydrogens is 196 g/mol. The Morgan fingerprint density at radius 1 is 1.64 bits per heavy atom. The highest BCUT2D eigenvalue weighted by molar-refractivity contribution is 7.11. The molecule has 3 nitrogen and oxygen atoms in total. The molecule has 1 unspecified atom stereocenters. The molecule has 2 rings (SSSR count). The van der Waals surface area contributed by atoms with E-state index in [-0.39, 0.29) is 6.61 Å². The first-order chi connectivity index (χ1) is 6.85. The molecule has 1 atom stereocenters. The van der Waals surface area contributed by atoms with Crippen molar-refractivity contribution >= 4 is 11.3 Å². The third-order valence-electron chi connectivity index (χ3n) is 2.58. The number of aromatic nitrogens is 1. The molecular formula is C10H16N2OS. The van der Waals surface area contributed by atoms with Crippen molar-refractivity contribution in [3.8, 4) is 0 Å². The number of hydrogen-bond donors (Lipinski definition) is 2. The minimum atomic E-state index is 0.0799. The van der Waals surface area contributed by atoms with Crippen LogP contribution in [0.3, 0.4) is 0 Å². The average Bonchev–Trinajstić information content (AvgIpc) is 2.62. The van der Waals surface area contributed by atoms with Gasteiger partial charge in [0.25, 0.3) is 0 Å². The van der Waals surface area contributed by atoms with Crippen molar-refractivity contribution in [2.45, 2.75) is 38.8 Å². The largest absolute Gasteiger partial charge is 0.389 e. The van der Waals surface area contributed by atoms with E-state index in [0.29, 0.717) is 6.04 Å². The molecule has 0 bridgehead atoms. The fourth-order valence-corrected chi connectivity index (χ4v) is 3.01. The van der Waals surface area contributed by atoms with Crippen LogP contribution in [0.25, 0.3) is 0 Å². The molecule has 0 aliphatic heterocycles. The van der Waals surface area contributed by atoms with Gasteiger partial charge < -0.3 is 10.4 Å². The van der Waals surface area contributed by atoms with Gasteiger partial charge in [0, 0.05) is 4.88 Å². The Hall–Kier alpha value is -0.450. The second kappa shape index (κ2) is 4.38. The van der Waals surface area contributed by atoms with E-state index in [1.807, 2.05) is 0 Å². The summed E-state index contributed by atoms with van der Waals surface area (Å²) in [5.41, 5.74) is 1.19. The molecule has 0 fully saturated rings. The van der Waals surface area contributed by atoms with Gasteiger partial charge in [-0.25, -0.2) is 4.98 Å². The molecule has 2 N–H and O–H groups in total. The van der Waals surface area contributed by atoms with E-state index in [1.54, 1.807) is 11.3 Å². The number of rotatable bonds is 3. The van der Waals surface area contributed by atoms with Crippen LogP contribution in [0, 0.1) is 0 Å². The number of aryl methyl sites for hydroxylation is 1. The third-order valence-corrected chi connectivity index (χ3v) is 3.70. The van der Waals surface area contributed by atoms with Crippen molar-refractivity contribution in [3.63, 3.8) is 0 Å². The lowest BCUT2D eigenvalue weighted by Gasteiger charge is -2.21. The van der Waals surface area contributed by atoms with Crippen LogP contribution in [0.1, 0.15) is 41.4 Å². The van der Waals surface area contributed by atoms with Crippen LogP contribution in [-0.2, 0) is 13.0 Å². The van der Waals surface area contributed by atoms with Gasteiger partial charge in [-0.3, -0.25) is 0 Å². The molecule has 1 aliphatic rings. The molecule has 0 spiro atoms. The van der Waals surface area contributed by atoms with Crippen LogP contribution in [0.5, 0.6) is 0 Å². The normalized spacial score (nSPS) is 20.9. The quantitative estimate of drug-likeness (QED) is 0.800. The Kier molecular flexibility index (Phi) is 3.15. The Bertz CT molecular complexity index is 311. The van der Waals surface area contributed by atoms with Gasteiger partial charge in [0.15, 0.2) is 0 Å². The van der Waals surface area contributed by atoms with Gasteiger partial charge in [0.1, 0.15) is 5.01 Å². The molecule has 0 saturated heterocycles. The molecule has 0 amide bonds. The predicted molar refractivity (Wildman–Crippen MR) is 57.4 cm³/mol. The summed E-state index contributed by atoms with van der Waals surface area (Å²) >= 11 is 1.66. The van der Waals surface area contributed by atoms with Crippen LogP contribution in [0.2, 0.25) is 0 Å². The summed E-state index contributed by atoms with van der Waals surface area (Å²) < 4.78 is 0. The smallest absolute Gasteiger partial charge is 0.119 e. The summed E-state index contributed by atoms with van der Waals surface area (Å²) in [6.45, 7) is 3.18. The number of aliphatic hydroxyl groups is 1. The molecule has 1 aromatic rings. The van der Waals surface area contributed by atoms with Crippen LogP contribution >= 0.6 is 11.3 Å². The molecule has 1 aliphatic carbocycles. The number of hydrogen-bond acceptors (Lipinski definition) is 4. The van der Waals surface area contributed by atoms with Gasteiger partial charge in [-0.1, -0.05) is 6.92 Å². The molecule has 0 saturated carbocycles. The number of nitrogens with zero attached hydrogens (tertiary/aromatic N) is 1. The van der Waals surface area contributed by atoms with E-state index in [0.717, 1.165) is 18.0 Å². The highest BCUT2D eigenvalue weighted by Gasteiger charge is 2.23. The Morgan fingerprint density at radius 2 is 2.50 bits per heavy atom. The van der Waals surface area contributed by atoms with E-state index < -0.39 is 0 Å². The lowest BCUT2D eigenvalue weighted by molar-refractivity contribution is 0.280. The van der Waals surface area contributed by atoms with Crippen molar-refractivity contribution in [2.75, 3.05) is 6.54 Å². The summed E-state index contributed by atoms with van der Waals surface area (Å²) in [6.07, 6.45) is 3.54. The molecule has 14 heavy (non-hydrogen) atoms. The summed E-state index contributed by atoms with van der Waals surface area (Å²) in [7, 11) is 0. The zero-order valence-electron chi connectivity index (χ0n) is 8.42. The van der Waals surface area contributed by atoms with Crippen LogP contribution in [0.4, 0.5) is 0 Å². The Labute approximate surface area is 88.2 Å². The topological polar surface area (TPSA) is 45.1 Å². The molecule has 0 aromatic carbocycles. The van der Waals surface area contributed by atoms with Gasteiger partial charge in [-0.05, 0) is 25.8 Å². The first-order valence-electron chi connectivity index (χ1n) is 5.18. The maximum Gasteiger partial charge on any atom is 0.119 e. The monoisotopic (exact) mass is 212 g/mol. The fourth-order valence-electron chi connectivity index (χ4n) is 1.98. The first kappa shape index (κ1) is 10.1. The van der Waals surface area contributed by atoms with E-state index in [2.05, 4.69) is 17.2 Å². The lowest BCUT2D eigenvalue weighted by Crippen LogP contribution is -2.24. The molecule has 0 radical (unpaired) electrons. The first-order valence-corrected chi connectivity index (χ1v) is 5.99. The highest BCUT2D eigenvalue weighted by Crippen LogP contribution is 2.33. The van der Waals surface area contributed by atoms with Crippen molar-refractivity contribution in [1.82, 2.24) is 10.3 Å². The summed E-state index contributed by atoms with van der Waals surface area (Å²) in [5.74, 6) is 0. The third kappa shape index (κ3) is 1.82. The van der Waals surface area contributed by atoms with E-state index >= 15 is 0 Å². The highest BCUT2D eigenvalue weighted by atomic mass is 32.1. The van der Waals surface area contributed by atoms with Crippen molar-refractivity contribution in [3.05, 3.63) is 15.6 Å². The zero-order chi connectivity index (χ0) is 9.97. The van der Waals surface area contributed by atoms with Crippen molar-refractivity contribution < 1.29 is 5.11 Å². The van der Waals surface area contributed by atoms with Gasteiger partial charge in [-0.15, -0.1) is 11.3 Å². The maximum atomic E-state index is 9.03. The van der Waals surface area contributed by atoms with E-state index in [9.17, 15) is 0 Å². The summed E-state index contributed by atoms with van der Waals surface area (Å²) in [6, 6.07) is 0.417. The average molecular weight is 212 g/mol. The number of nitrogens with one attached hydrogen (secondary N) is 1. The second-order valence-electron chi connectivity index (χ2n) is 3.58. The minimum Gasteiger partial charge on any atom is -0.389 e. The maximum absolute atomic E-state index is 9.03. The zero-order valence-corrected chi connectivity index (χ0v) is 9.23. The van der Waals surface area contributed by atoms with Gasteiger partial charge >= 0.3 is 0 Å². The van der Waals surface area contributed by atoms with Crippen LogP contribution in [0.15, 0.2) is 0 Å². The molecule has 78 valence electrons. The summed E-state index contributed by atoms with van der Waals surface area (Å²) in [5, 5.41) is 13.3. The standard InChI is InChI=1S/C10H16N2OS/c1-2-11-7-4-3-5-8-10(7)12-9(6-13)14-8/h7,11,13H,2-6H2,1H3. The van der Waals surface area contributed by atoms with Crippen molar-refractivity contribution in [2.24, 2.45) is 0 Å². The number of thiazole rings is 1. The molecule has 1 heterocycles. The van der Waals surface area contributed by atoms with Gasteiger partial charge in [-0.2, -0.15) is 0 Å². The van der Waals surface area contributed by atoms with E-state index in [1.165, 1.54) is 23.4 Å². The second-order valence-corrected chi connectivity index (χ2v) is 4.74. The molecule has 1 aromatic heterocycles. The van der Waals surface area contributed by atoms with E-state index in [4.69, 9.17) is 5.11 Å². The number of fused-ring (bicyclic) bond motifs is 1. The lowest BCUT2D eigenvalue weighted by atomic mass is 9.98. The number of aliphatic hydroxyl groups excluding tert-OH is 1. The predicted octanol–water partition coefficient (Wildman–Crippen LogP) is 1.62. The van der Waals surface area contributed by atoms with Gasteiger partial charge in [0.2, 0.25) is 0 Å². The minimum absolute atomic E-state index is 0.0799. The van der Waals surface area contributed by atoms with Crippen LogP contribution in [-0.4, -0.2) is 16.6 Å². The SMILES string of the molecule is CCNC1CCCc2sc(CO)nc21.